The van der Waals surface area contributed by atoms with Crippen LogP contribution >= 0.6 is 0 Å². The van der Waals surface area contributed by atoms with Crippen molar-refractivity contribution in [3.05, 3.63) is 59.8 Å². The van der Waals surface area contributed by atoms with E-state index < -0.39 is 0 Å². The molecule has 1 aliphatic heterocycles. The van der Waals surface area contributed by atoms with Crippen molar-refractivity contribution in [2.45, 2.75) is 19.5 Å². The Hall–Kier alpha value is -2.91. The van der Waals surface area contributed by atoms with Gasteiger partial charge in [-0.25, -0.2) is 9.78 Å². The van der Waals surface area contributed by atoms with E-state index in [1.54, 1.807) is 11.0 Å². The number of nitrogens with one attached hydrogen (secondary N) is 1. The minimum Gasteiger partial charge on any atom is -0.321 e. The van der Waals surface area contributed by atoms with E-state index in [1.165, 1.54) is 5.56 Å². The highest BCUT2D eigenvalue weighted by atomic mass is 16.2. The van der Waals surface area contributed by atoms with Crippen molar-refractivity contribution in [2.75, 3.05) is 25.0 Å². The second kappa shape index (κ2) is 7.77. The first-order valence-corrected chi connectivity index (χ1v) is 8.33. The summed E-state index contributed by atoms with van der Waals surface area (Å²) in [5.74, 6) is 0.533. The first kappa shape index (κ1) is 16.9. The SMILES string of the molecule is Cc1cccc(NC(=O)N2CCN(Cc3ccccc3)[C@H](C#N)C2)n1. The Morgan fingerprint density at radius 3 is 2.76 bits per heavy atom. The smallest absolute Gasteiger partial charge is 0.321 e. The zero-order valence-electron chi connectivity index (χ0n) is 14.2. The van der Waals surface area contributed by atoms with Gasteiger partial charge in [-0.2, -0.15) is 5.26 Å². The second-order valence-corrected chi connectivity index (χ2v) is 6.14. The van der Waals surface area contributed by atoms with Gasteiger partial charge in [0.1, 0.15) is 11.9 Å². The van der Waals surface area contributed by atoms with Gasteiger partial charge in [-0.1, -0.05) is 36.4 Å². The standard InChI is InChI=1S/C19H21N5O/c1-15-6-5-9-18(21-15)22-19(25)24-11-10-23(17(12-20)14-24)13-16-7-3-2-4-8-16/h2-9,17H,10-11,13-14H2,1H3,(H,21,22,25)/t17-/m1/s1. The highest BCUT2D eigenvalue weighted by Crippen LogP contribution is 2.15. The van der Waals surface area contributed by atoms with Crippen LogP contribution in [0.25, 0.3) is 0 Å². The van der Waals surface area contributed by atoms with Gasteiger partial charge < -0.3 is 4.90 Å². The number of pyridine rings is 1. The van der Waals surface area contributed by atoms with Crippen LogP contribution in [0.15, 0.2) is 48.5 Å². The van der Waals surface area contributed by atoms with Crippen LogP contribution in [0.1, 0.15) is 11.3 Å². The average Bonchev–Trinajstić information content (AvgIpc) is 2.63. The zero-order valence-corrected chi connectivity index (χ0v) is 14.2. The van der Waals surface area contributed by atoms with Crippen molar-refractivity contribution < 1.29 is 4.79 Å². The predicted octanol–water partition coefficient (Wildman–Crippen LogP) is 2.63. The fourth-order valence-corrected chi connectivity index (χ4v) is 2.94. The summed E-state index contributed by atoms with van der Waals surface area (Å²) >= 11 is 0. The Morgan fingerprint density at radius 2 is 2.04 bits per heavy atom. The monoisotopic (exact) mass is 335 g/mol. The van der Waals surface area contributed by atoms with E-state index in [-0.39, 0.29) is 12.1 Å². The molecule has 0 radical (unpaired) electrons. The summed E-state index contributed by atoms with van der Waals surface area (Å²) in [4.78, 5) is 20.5. The third kappa shape index (κ3) is 4.34. The molecule has 6 nitrogen and oxygen atoms in total. The van der Waals surface area contributed by atoms with Crippen LogP contribution in [0.5, 0.6) is 0 Å². The van der Waals surface area contributed by atoms with Crippen molar-refractivity contribution in [2.24, 2.45) is 0 Å². The van der Waals surface area contributed by atoms with Gasteiger partial charge >= 0.3 is 6.03 Å². The average molecular weight is 335 g/mol. The van der Waals surface area contributed by atoms with Crippen LogP contribution in [-0.4, -0.2) is 46.5 Å². The van der Waals surface area contributed by atoms with Crippen LogP contribution in [0, 0.1) is 18.3 Å². The molecule has 0 unspecified atom stereocenters. The molecule has 2 amide bonds. The molecule has 0 spiro atoms. The topological polar surface area (TPSA) is 72.3 Å². The second-order valence-electron chi connectivity index (χ2n) is 6.14. The summed E-state index contributed by atoms with van der Waals surface area (Å²) in [6.07, 6.45) is 0. The van der Waals surface area contributed by atoms with Gasteiger partial charge in [0, 0.05) is 25.3 Å². The molecule has 2 aromatic rings. The number of carbonyl (C=O) groups excluding carboxylic acids is 1. The first-order chi connectivity index (χ1) is 12.2. The largest absolute Gasteiger partial charge is 0.323 e. The van der Waals surface area contributed by atoms with Crippen molar-refractivity contribution in [1.29, 1.82) is 5.26 Å². The molecule has 1 atom stereocenters. The number of nitriles is 1. The summed E-state index contributed by atoms with van der Waals surface area (Å²) in [7, 11) is 0. The Bertz CT molecular complexity index is 771. The molecule has 25 heavy (non-hydrogen) atoms. The molecular weight excluding hydrogens is 314 g/mol. The van der Waals surface area contributed by atoms with E-state index in [0.29, 0.717) is 32.0 Å². The fourth-order valence-electron chi connectivity index (χ4n) is 2.94. The number of aromatic nitrogens is 1. The van der Waals surface area contributed by atoms with Gasteiger partial charge in [-0.15, -0.1) is 0 Å². The number of hydrogen-bond acceptors (Lipinski definition) is 4. The molecule has 1 aromatic carbocycles. The maximum Gasteiger partial charge on any atom is 0.323 e. The summed E-state index contributed by atoms with van der Waals surface area (Å²) in [6, 6.07) is 17.4. The Balaban J connectivity index is 1.61. The number of amides is 2. The lowest BCUT2D eigenvalue weighted by Gasteiger charge is -2.38. The number of aryl methyl sites for hydroxylation is 1. The molecule has 1 N–H and O–H groups in total. The molecular formula is C19H21N5O. The molecule has 0 saturated carbocycles. The van der Waals surface area contributed by atoms with Gasteiger partial charge in [0.15, 0.2) is 0 Å². The van der Waals surface area contributed by atoms with Crippen LogP contribution in [-0.2, 0) is 6.54 Å². The van der Waals surface area contributed by atoms with Crippen molar-refractivity contribution >= 4 is 11.8 Å². The van der Waals surface area contributed by atoms with E-state index in [1.807, 2.05) is 37.3 Å². The summed E-state index contributed by atoms with van der Waals surface area (Å²) in [5, 5.41) is 12.3. The van der Waals surface area contributed by atoms with E-state index in [2.05, 4.69) is 33.4 Å². The lowest BCUT2D eigenvalue weighted by Crippen LogP contribution is -2.54. The molecule has 2 heterocycles. The first-order valence-electron chi connectivity index (χ1n) is 8.33. The minimum atomic E-state index is -0.315. The number of piperazine rings is 1. The van der Waals surface area contributed by atoms with Gasteiger partial charge in [-0.3, -0.25) is 10.2 Å². The van der Waals surface area contributed by atoms with Gasteiger partial charge in [0.2, 0.25) is 0 Å². The van der Waals surface area contributed by atoms with E-state index >= 15 is 0 Å². The number of rotatable bonds is 3. The predicted molar refractivity (Wildman–Crippen MR) is 95.8 cm³/mol. The van der Waals surface area contributed by atoms with Crippen molar-refractivity contribution in [3.63, 3.8) is 0 Å². The lowest BCUT2D eigenvalue weighted by atomic mass is 10.1. The molecule has 6 heteroatoms. The van der Waals surface area contributed by atoms with Gasteiger partial charge in [-0.05, 0) is 24.6 Å². The number of anilines is 1. The molecule has 1 aliphatic rings. The van der Waals surface area contributed by atoms with E-state index in [0.717, 1.165) is 5.69 Å². The lowest BCUT2D eigenvalue weighted by molar-refractivity contribution is 0.114. The highest BCUT2D eigenvalue weighted by Gasteiger charge is 2.29. The minimum absolute atomic E-state index is 0.210. The molecule has 128 valence electrons. The summed E-state index contributed by atoms with van der Waals surface area (Å²) in [6.45, 7) is 4.24. The third-order valence-electron chi connectivity index (χ3n) is 4.28. The zero-order chi connectivity index (χ0) is 17.6. The highest BCUT2D eigenvalue weighted by molar-refractivity contribution is 5.88. The summed E-state index contributed by atoms with van der Waals surface area (Å²) in [5.41, 5.74) is 2.02. The Morgan fingerprint density at radius 1 is 1.24 bits per heavy atom. The maximum absolute atomic E-state index is 12.5. The number of benzene rings is 1. The number of urea groups is 1. The van der Waals surface area contributed by atoms with Crippen molar-refractivity contribution in [3.8, 4) is 6.07 Å². The fraction of sp³-hybridized carbons (Fsp3) is 0.316. The van der Waals surface area contributed by atoms with Crippen molar-refractivity contribution in [1.82, 2.24) is 14.8 Å². The van der Waals surface area contributed by atoms with E-state index in [9.17, 15) is 10.1 Å². The molecule has 1 saturated heterocycles. The van der Waals surface area contributed by atoms with Crippen LogP contribution in [0.3, 0.4) is 0 Å². The number of hydrogen-bond donors (Lipinski definition) is 1. The normalized spacial score (nSPS) is 17.8. The Labute approximate surface area is 147 Å². The quantitative estimate of drug-likeness (QED) is 0.936. The van der Waals surface area contributed by atoms with E-state index in [4.69, 9.17) is 0 Å². The van der Waals surface area contributed by atoms with Crippen LogP contribution < -0.4 is 5.32 Å². The molecule has 1 aromatic heterocycles. The molecule has 1 fully saturated rings. The van der Waals surface area contributed by atoms with Gasteiger partial charge in [0.25, 0.3) is 0 Å². The summed E-state index contributed by atoms with van der Waals surface area (Å²) < 4.78 is 0. The molecule has 3 rings (SSSR count). The third-order valence-corrected chi connectivity index (χ3v) is 4.28. The van der Waals surface area contributed by atoms with Crippen LogP contribution in [0.4, 0.5) is 10.6 Å². The molecule has 0 aliphatic carbocycles. The molecule has 0 bridgehead atoms. The maximum atomic E-state index is 12.5. The number of nitrogens with zero attached hydrogens (tertiary/aromatic N) is 4. The Kier molecular flexibility index (Phi) is 5.26. The van der Waals surface area contributed by atoms with Crippen LogP contribution in [0.2, 0.25) is 0 Å². The number of carbonyl (C=O) groups is 1. The van der Waals surface area contributed by atoms with Gasteiger partial charge in [0.05, 0.1) is 12.6 Å².